The molecule has 0 spiro atoms. The standard InChI is InChI=1S/C16H19ClN4O3/c1-9(2)19-15(22)11-5-6-18-16(20-11)21-12-8-13(23-3)10(17)7-14(12)24-4/h5-9H,1-4H3,(H,19,22)(H,18,20,21). The molecular weight excluding hydrogens is 332 g/mol. The summed E-state index contributed by atoms with van der Waals surface area (Å²) in [4.78, 5) is 20.4. The highest BCUT2D eigenvalue weighted by Crippen LogP contribution is 2.36. The van der Waals surface area contributed by atoms with Crippen LogP contribution < -0.4 is 20.1 Å². The Morgan fingerprint density at radius 3 is 2.54 bits per heavy atom. The van der Waals surface area contributed by atoms with Crippen LogP contribution in [-0.4, -0.2) is 36.1 Å². The van der Waals surface area contributed by atoms with Crippen molar-refractivity contribution < 1.29 is 14.3 Å². The van der Waals surface area contributed by atoms with E-state index in [2.05, 4.69) is 20.6 Å². The lowest BCUT2D eigenvalue weighted by molar-refractivity contribution is 0.0938. The Bertz CT molecular complexity index is 737. The van der Waals surface area contributed by atoms with E-state index in [0.29, 0.717) is 22.2 Å². The Morgan fingerprint density at radius 2 is 1.92 bits per heavy atom. The molecule has 24 heavy (non-hydrogen) atoms. The highest BCUT2D eigenvalue weighted by Gasteiger charge is 2.13. The van der Waals surface area contributed by atoms with Gasteiger partial charge in [0, 0.05) is 24.4 Å². The fourth-order valence-electron chi connectivity index (χ4n) is 1.96. The summed E-state index contributed by atoms with van der Waals surface area (Å²) in [6.45, 7) is 3.76. The SMILES string of the molecule is COc1cc(Nc2nccc(C(=O)NC(C)C)n2)c(OC)cc1Cl. The molecule has 0 aliphatic carbocycles. The van der Waals surface area contributed by atoms with Gasteiger partial charge in [-0.15, -0.1) is 0 Å². The van der Waals surface area contributed by atoms with Gasteiger partial charge in [-0.1, -0.05) is 11.6 Å². The average molecular weight is 351 g/mol. The summed E-state index contributed by atoms with van der Waals surface area (Å²) in [6.07, 6.45) is 1.50. The van der Waals surface area contributed by atoms with Crippen LogP contribution in [0.4, 0.5) is 11.6 Å². The maximum Gasteiger partial charge on any atom is 0.270 e. The lowest BCUT2D eigenvalue weighted by atomic mass is 10.2. The van der Waals surface area contributed by atoms with Crippen LogP contribution in [0.1, 0.15) is 24.3 Å². The largest absolute Gasteiger partial charge is 0.495 e. The Kier molecular flexibility index (Phi) is 5.81. The maximum atomic E-state index is 12.0. The normalized spacial score (nSPS) is 10.4. The van der Waals surface area contributed by atoms with Crippen molar-refractivity contribution in [1.82, 2.24) is 15.3 Å². The van der Waals surface area contributed by atoms with Gasteiger partial charge in [0.25, 0.3) is 5.91 Å². The number of nitrogens with one attached hydrogen (secondary N) is 2. The molecular formula is C16H19ClN4O3. The second-order valence-electron chi connectivity index (χ2n) is 5.21. The van der Waals surface area contributed by atoms with E-state index in [-0.39, 0.29) is 23.6 Å². The number of methoxy groups -OCH3 is 2. The Hall–Kier alpha value is -2.54. The highest BCUT2D eigenvalue weighted by molar-refractivity contribution is 6.32. The number of carbonyl (C=O) groups excluding carboxylic acids is 1. The van der Waals surface area contributed by atoms with Gasteiger partial charge in [-0.25, -0.2) is 9.97 Å². The van der Waals surface area contributed by atoms with Gasteiger partial charge in [0.15, 0.2) is 0 Å². The molecule has 0 saturated heterocycles. The third-order valence-electron chi connectivity index (χ3n) is 3.03. The molecule has 2 N–H and O–H groups in total. The number of amides is 1. The van der Waals surface area contributed by atoms with Crippen LogP contribution in [0.15, 0.2) is 24.4 Å². The number of carbonyl (C=O) groups is 1. The number of hydrogen-bond acceptors (Lipinski definition) is 6. The number of halogens is 1. The smallest absolute Gasteiger partial charge is 0.270 e. The van der Waals surface area contributed by atoms with E-state index in [1.165, 1.54) is 20.4 Å². The van der Waals surface area contributed by atoms with E-state index in [1.54, 1.807) is 18.2 Å². The van der Waals surface area contributed by atoms with E-state index < -0.39 is 0 Å². The van der Waals surface area contributed by atoms with E-state index in [9.17, 15) is 4.79 Å². The first-order valence-electron chi connectivity index (χ1n) is 7.27. The van der Waals surface area contributed by atoms with E-state index in [0.717, 1.165) is 0 Å². The Morgan fingerprint density at radius 1 is 1.21 bits per heavy atom. The summed E-state index contributed by atoms with van der Waals surface area (Å²) >= 11 is 6.08. The molecule has 0 unspecified atom stereocenters. The molecule has 0 aliphatic rings. The number of hydrogen-bond donors (Lipinski definition) is 2. The molecule has 1 aromatic carbocycles. The van der Waals surface area contributed by atoms with Gasteiger partial charge < -0.3 is 20.1 Å². The van der Waals surface area contributed by atoms with Crippen LogP contribution in [0.25, 0.3) is 0 Å². The van der Waals surface area contributed by atoms with Gasteiger partial charge >= 0.3 is 0 Å². The average Bonchev–Trinajstić information content (AvgIpc) is 2.55. The molecule has 128 valence electrons. The quantitative estimate of drug-likeness (QED) is 0.833. The van der Waals surface area contributed by atoms with Crippen LogP contribution in [0, 0.1) is 0 Å². The van der Waals surface area contributed by atoms with E-state index >= 15 is 0 Å². The zero-order valence-electron chi connectivity index (χ0n) is 13.9. The Labute approximate surface area is 145 Å². The Balaban J connectivity index is 2.30. The van der Waals surface area contributed by atoms with Crippen molar-refractivity contribution in [2.75, 3.05) is 19.5 Å². The third kappa shape index (κ3) is 4.26. The van der Waals surface area contributed by atoms with Gasteiger partial charge in [0.1, 0.15) is 17.2 Å². The minimum Gasteiger partial charge on any atom is -0.495 e. The number of ether oxygens (including phenoxy) is 2. The predicted molar refractivity (Wildman–Crippen MR) is 92.5 cm³/mol. The summed E-state index contributed by atoms with van der Waals surface area (Å²) in [7, 11) is 3.04. The fourth-order valence-corrected chi connectivity index (χ4v) is 2.19. The van der Waals surface area contributed by atoms with Crippen LogP contribution in [0.2, 0.25) is 5.02 Å². The molecule has 1 heterocycles. The zero-order chi connectivity index (χ0) is 17.7. The monoisotopic (exact) mass is 350 g/mol. The number of rotatable bonds is 6. The van der Waals surface area contributed by atoms with Crippen molar-refractivity contribution in [3.63, 3.8) is 0 Å². The molecule has 1 amide bonds. The molecule has 1 aromatic heterocycles. The molecule has 7 nitrogen and oxygen atoms in total. The minimum atomic E-state index is -0.267. The van der Waals surface area contributed by atoms with Gasteiger partial charge in [-0.05, 0) is 19.9 Å². The zero-order valence-corrected chi connectivity index (χ0v) is 14.6. The topological polar surface area (TPSA) is 85.4 Å². The highest BCUT2D eigenvalue weighted by atomic mass is 35.5. The van der Waals surface area contributed by atoms with Crippen molar-refractivity contribution in [2.45, 2.75) is 19.9 Å². The van der Waals surface area contributed by atoms with Gasteiger partial charge in [-0.3, -0.25) is 4.79 Å². The number of benzene rings is 1. The molecule has 8 heteroatoms. The lowest BCUT2D eigenvalue weighted by Crippen LogP contribution is -2.30. The summed E-state index contributed by atoms with van der Waals surface area (Å²) in [5.74, 6) is 0.972. The van der Waals surface area contributed by atoms with Crippen molar-refractivity contribution in [3.8, 4) is 11.5 Å². The van der Waals surface area contributed by atoms with Crippen LogP contribution in [-0.2, 0) is 0 Å². The van der Waals surface area contributed by atoms with Crippen LogP contribution in [0.3, 0.4) is 0 Å². The number of aromatic nitrogens is 2. The van der Waals surface area contributed by atoms with Gasteiger partial charge in [0.05, 0.1) is 24.9 Å². The number of anilines is 2. The molecule has 0 radical (unpaired) electrons. The lowest BCUT2D eigenvalue weighted by Gasteiger charge is -2.13. The van der Waals surface area contributed by atoms with Gasteiger partial charge in [-0.2, -0.15) is 0 Å². The van der Waals surface area contributed by atoms with E-state index in [4.69, 9.17) is 21.1 Å². The predicted octanol–water partition coefficient (Wildman–Crippen LogP) is 3.03. The molecule has 0 fully saturated rings. The summed E-state index contributed by atoms with van der Waals surface area (Å²) in [6, 6.07) is 4.86. The first kappa shape index (κ1) is 17.8. The van der Waals surface area contributed by atoms with Crippen LogP contribution >= 0.6 is 11.6 Å². The molecule has 0 atom stereocenters. The molecule has 0 aliphatic heterocycles. The van der Waals surface area contributed by atoms with Crippen molar-refractivity contribution in [3.05, 3.63) is 35.1 Å². The first-order valence-corrected chi connectivity index (χ1v) is 7.64. The first-order chi connectivity index (χ1) is 11.4. The minimum absolute atomic E-state index is 0.0181. The summed E-state index contributed by atoms with van der Waals surface area (Å²) in [5.41, 5.74) is 0.835. The summed E-state index contributed by atoms with van der Waals surface area (Å²) in [5, 5.41) is 6.21. The maximum absolute atomic E-state index is 12.0. The van der Waals surface area contributed by atoms with Crippen molar-refractivity contribution in [2.24, 2.45) is 0 Å². The molecule has 2 rings (SSSR count). The number of nitrogens with zero attached hydrogens (tertiary/aromatic N) is 2. The van der Waals surface area contributed by atoms with E-state index in [1.807, 2.05) is 13.8 Å². The third-order valence-corrected chi connectivity index (χ3v) is 3.32. The van der Waals surface area contributed by atoms with Crippen molar-refractivity contribution in [1.29, 1.82) is 0 Å². The van der Waals surface area contributed by atoms with Crippen molar-refractivity contribution >= 4 is 29.1 Å². The molecule has 0 bridgehead atoms. The molecule has 0 saturated carbocycles. The van der Waals surface area contributed by atoms with Crippen LogP contribution in [0.5, 0.6) is 11.5 Å². The van der Waals surface area contributed by atoms with Gasteiger partial charge in [0.2, 0.25) is 5.95 Å². The summed E-state index contributed by atoms with van der Waals surface area (Å²) < 4.78 is 10.5. The molecule has 2 aromatic rings. The fraction of sp³-hybridized carbons (Fsp3) is 0.312. The second-order valence-corrected chi connectivity index (χ2v) is 5.61. The second kappa shape index (κ2) is 7.83.